The molecular formula is C38H26F6N2. The van der Waals surface area contributed by atoms with Gasteiger partial charge in [-0.25, -0.2) is 26.3 Å². The highest BCUT2D eigenvalue weighted by Crippen LogP contribution is 2.39. The summed E-state index contributed by atoms with van der Waals surface area (Å²) in [5, 5.41) is 0. The number of nitrogens with zero attached hydrogens (tertiary/aromatic N) is 2. The zero-order chi connectivity index (χ0) is 32.5. The quantitative estimate of drug-likeness (QED) is 0.129. The van der Waals surface area contributed by atoms with Gasteiger partial charge in [-0.3, -0.25) is 0 Å². The minimum Gasteiger partial charge on any atom is -0.310 e. The summed E-state index contributed by atoms with van der Waals surface area (Å²) < 4.78 is 84.7. The van der Waals surface area contributed by atoms with Crippen molar-refractivity contribution < 1.29 is 26.3 Å². The molecule has 6 rings (SSSR count). The van der Waals surface area contributed by atoms with Gasteiger partial charge in [-0.15, -0.1) is 0 Å². The highest BCUT2D eigenvalue weighted by atomic mass is 19.2. The Labute approximate surface area is 262 Å². The Morgan fingerprint density at radius 1 is 0.348 bits per heavy atom. The number of hydrogen-bond acceptors (Lipinski definition) is 2. The van der Waals surface area contributed by atoms with Gasteiger partial charge < -0.3 is 9.80 Å². The van der Waals surface area contributed by atoms with Crippen LogP contribution in [-0.4, -0.2) is 0 Å². The first-order valence-corrected chi connectivity index (χ1v) is 14.3. The van der Waals surface area contributed by atoms with E-state index in [1.54, 1.807) is 46.2 Å². The van der Waals surface area contributed by atoms with Crippen LogP contribution in [0.4, 0.5) is 60.5 Å². The van der Waals surface area contributed by atoms with Gasteiger partial charge in [0.15, 0.2) is 34.9 Å². The second-order valence-electron chi connectivity index (χ2n) is 10.9. The predicted molar refractivity (Wildman–Crippen MR) is 170 cm³/mol. The molecule has 8 heteroatoms. The molecule has 0 aliphatic rings. The Bertz CT molecular complexity index is 1850. The summed E-state index contributed by atoms with van der Waals surface area (Å²) in [5.74, 6) is -8.26. The molecule has 0 fully saturated rings. The number of hydrogen-bond donors (Lipinski definition) is 0. The smallest absolute Gasteiger partial charge is 0.194 e. The zero-order valence-electron chi connectivity index (χ0n) is 24.7. The predicted octanol–water partition coefficient (Wildman–Crippen LogP) is 11.7. The second kappa shape index (κ2) is 12.5. The molecule has 0 heterocycles. The van der Waals surface area contributed by atoms with Crippen molar-refractivity contribution in [1.29, 1.82) is 0 Å². The van der Waals surface area contributed by atoms with E-state index < -0.39 is 34.9 Å². The van der Waals surface area contributed by atoms with Crippen molar-refractivity contribution in [2.24, 2.45) is 0 Å². The Kier molecular flexibility index (Phi) is 8.28. The summed E-state index contributed by atoms with van der Waals surface area (Å²) in [6.07, 6.45) is 0. The van der Waals surface area contributed by atoms with Crippen LogP contribution in [0.5, 0.6) is 0 Å². The molecule has 46 heavy (non-hydrogen) atoms. The minimum atomic E-state index is -1.54. The number of rotatable bonds is 7. The highest BCUT2D eigenvalue weighted by molar-refractivity contribution is 5.81. The molecule has 0 aromatic heterocycles. The second-order valence-corrected chi connectivity index (χ2v) is 10.9. The Morgan fingerprint density at radius 2 is 0.674 bits per heavy atom. The third-order valence-corrected chi connectivity index (χ3v) is 7.56. The summed E-state index contributed by atoms with van der Waals surface area (Å²) in [5.41, 5.74) is 6.15. The fourth-order valence-corrected chi connectivity index (χ4v) is 5.38. The largest absolute Gasteiger partial charge is 0.310 e. The Morgan fingerprint density at radius 3 is 0.978 bits per heavy atom. The van der Waals surface area contributed by atoms with Crippen LogP contribution in [-0.2, 0) is 0 Å². The Hall–Kier alpha value is -5.50. The fourth-order valence-electron chi connectivity index (χ4n) is 5.38. The van der Waals surface area contributed by atoms with Gasteiger partial charge in [0.2, 0.25) is 0 Å². The van der Waals surface area contributed by atoms with E-state index in [4.69, 9.17) is 0 Å². The average molecular weight is 625 g/mol. The van der Waals surface area contributed by atoms with Gasteiger partial charge in [0.25, 0.3) is 0 Å². The third-order valence-electron chi connectivity index (χ3n) is 7.56. The SMILES string of the molecule is Cc1cccc(N(c2ccc(-c3ccc(N(c4cccc(C)c4)c4cc(F)c(F)c(F)c4)cc3)cc2)c2cc(F)c(F)c(F)c2)c1. The van der Waals surface area contributed by atoms with Crippen LogP contribution in [0.2, 0.25) is 0 Å². The normalized spacial score (nSPS) is 11.0. The van der Waals surface area contributed by atoms with Crippen molar-refractivity contribution in [3.8, 4) is 11.1 Å². The van der Waals surface area contributed by atoms with Crippen molar-refractivity contribution in [3.05, 3.63) is 167 Å². The maximum absolute atomic E-state index is 14.3. The molecule has 0 spiro atoms. The lowest BCUT2D eigenvalue weighted by Crippen LogP contribution is -2.11. The third kappa shape index (κ3) is 6.06. The lowest BCUT2D eigenvalue weighted by molar-refractivity contribution is 0.447. The summed E-state index contributed by atoms with van der Waals surface area (Å²) in [7, 11) is 0. The summed E-state index contributed by atoms with van der Waals surface area (Å²) in [6.45, 7) is 3.78. The zero-order valence-corrected chi connectivity index (χ0v) is 24.7. The summed E-state index contributed by atoms with van der Waals surface area (Å²) in [4.78, 5) is 3.26. The first kappa shape index (κ1) is 30.5. The molecule has 0 aliphatic heterocycles. The lowest BCUT2D eigenvalue weighted by Gasteiger charge is -2.26. The molecule has 0 radical (unpaired) electrons. The topological polar surface area (TPSA) is 6.48 Å². The van der Waals surface area contributed by atoms with Crippen molar-refractivity contribution >= 4 is 34.1 Å². The van der Waals surface area contributed by atoms with Gasteiger partial charge in [0, 0.05) is 47.0 Å². The van der Waals surface area contributed by atoms with E-state index in [2.05, 4.69) is 0 Å². The first-order valence-electron chi connectivity index (χ1n) is 14.3. The van der Waals surface area contributed by atoms with Gasteiger partial charge in [-0.05, 0) is 84.6 Å². The van der Waals surface area contributed by atoms with Crippen molar-refractivity contribution in [2.45, 2.75) is 13.8 Å². The van der Waals surface area contributed by atoms with Gasteiger partial charge >= 0.3 is 0 Å². The maximum atomic E-state index is 14.3. The van der Waals surface area contributed by atoms with Crippen LogP contribution in [0.1, 0.15) is 11.1 Å². The van der Waals surface area contributed by atoms with Crippen molar-refractivity contribution in [3.63, 3.8) is 0 Å². The van der Waals surface area contributed by atoms with Crippen LogP contribution < -0.4 is 9.80 Å². The molecule has 0 saturated heterocycles. The molecule has 0 amide bonds. The van der Waals surface area contributed by atoms with E-state index in [0.29, 0.717) is 22.7 Å². The van der Waals surface area contributed by atoms with Gasteiger partial charge in [-0.2, -0.15) is 0 Å². The molecule has 6 aromatic rings. The van der Waals surface area contributed by atoms with Crippen molar-refractivity contribution in [1.82, 2.24) is 0 Å². The molecule has 0 atom stereocenters. The van der Waals surface area contributed by atoms with E-state index in [-0.39, 0.29) is 11.4 Å². The maximum Gasteiger partial charge on any atom is 0.194 e. The van der Waals surface area contributed by atoms with E-state index in [1.165, 1.54) is 0 Å². The number of aryl methyl sites for hydroxylation is 2. The molecule has 0 unspecified atom stereocenters. The van der Waals surface area contributed by atoms with Gasteiger partial charge in [0.1, 0.15) is 0 Å². The molecule has 6 aromatic carbocycles. The van der Waals surface area contributed by atoms with E-state index in [1.807, 2.05) is 74.5 Å². The molecular weight excluding hydrogens is 598 g/mol. The first-order chi connectivity index (χ1) is 22.1. The average Bonchev–Trinajstić information content (AvgIpc) is 3.03. The van der Waals surface area contributed by atoms with Crippen molar-refractivity contribution in [2.75, 3.05) is 9.80 Å². The molecule has 0 N–H and O–H groups in total. The van der Waals surface area contributed by atoms with E-state index >= 15 is 0 Å². The van der Waals surface area contributed by atoms with E-state index in [0.717, 1.165) is 46.5 Å². The fraction of sp³-hybridized carbons (Fsp3) is 0.0526. The van der Waals surface area contributed by atoms with Crippen LogP contribution in [0, 0.1) is 48.8 Å². The lowest BCUT2D eigenvalue weighted by atomic mass is 10.0. The standard InChI is InChI=1S/C38H26F6N2/c1-23-5-3-7-29(17-23)45(31-19-33(39)37(43)34(40)20-31)27-13-9-25(10-14-27)26-11-15-28(16-12-26)46(30-8-4-6-24(2)18-30)32-21-35(41)38(44)36(42)22-32/h3-22H,1-2H3. The number of anilines is 6. The van der Waals surface area contributed by atoms with Crippen LogP contribution >= 0.6 is 0 Å². The highest BCUT2D eigenvalue weighted by Gasteiger charge is 2.20. The van der Waals surface area contributed by atoms with E-state index in [9.17, 15) is 26.3 Å². The monoisotopic (exact) mass is 624 g/mol. The van der Waals surface area contributed by atoms with Crippen LogP contribution in [0.15, 0.2) is 121 Å². The minimum absolute atomic E-state index is 0.115. The molecule has 2 nitrogen and oxygen atoms in total. The summed E-state index contributed by atoms with van der Waals surface area (Å²) >= 11 is 0. The molecule has 230 valence electrons. The molecule has 0 bridgehead atoms. The van der Waals surface area contributed by atoms with Crippen LogP contribution in [0.3, 0.4) is 0 Å². The van der Waals surface area contributed by atoms with Crippen LogP contribution in [0.25, 0.3) is 11.1 Å². The van der Waals surface area contributed by atoms with Gasteiger partial charge in [0.05, 0.1) is 11.4 Å². The Balaban J connectivity index is 1.36. The summed E-state index contributed by atoms with van der Waals surface area (Å²) in [6, 6.07) is 33.0. The number of halogens is 6. The van der Waals surface area contributed by atoms with Gasteiger partial charge in [-0.1, -0.05) is 48.5 Å². The molecule has 0 saturated carbocycles. The number of benzene rings is 6. The molecule has 0 aliphatic carbocycles.